The van der Waals surface area contributed by atoms with Crippen LogP contribution in [0.4, 0.5) is 0 Å². The lowest BCUT2D eigenvalue weighted by Gasteiger charge is -2.31. The molecular formula is C12H18N2O4. The summed E-state index contributed by atoms with van der Waals surface area (Å²) < 4.78 is 11.5. The van der Waals surface area contributed by atoms with E-state index in [2.05, 4.69) is 5.32 Å². The van der Waals surface area contributed by atoms with Gasteiger partial charge in [0.1, 0.15) is 12.2 Å². The van der Waals surface area contributed by atoms with Crippen molar-refractivity contribution in [1.82, 2.24) is 10.2 Å². The lowest BCUT2D eigenvalue weighted by molar-refractivity contribution is -0.134. The van der Waals surface area contributed by atoms with Gasteiger partial charge in [-0.1, -0.05) is 13.8 Å². The van der Waals surface area contributed by atoms with E-state index in [1.165, 1.54) is 0 Å². The van der Waals surface area contributed by atoms with Gasteiger partial charge in [0.15, 0.2) is 6.23 Å². The molecular weight excluding hydrogens is 236 g/mol. The molecule has 3 heterocycles. The molecule has 0 bridgehead atoms. The lowest BCUT2D eigenvalue weighted by atomic mass is 10.0. The maximum atomic E-state index is 11.5. The van der Waals surface area contributed by atoms with Gasteiger partial charge in [0.25, 0.3) is 5.91 Å². The van der Waals surface area contributed by atoms with Gasteiger partial charge in [0.05, 0.1) is 6.10 Å². The Kier molecular flexibility index (Phi) is 2.62. The topological polar surface area (TPSA) is 71.0 Å². The number of fused-ring (bicyclic) bond motifs is 3. The molecule has 3 aliphatic heterocycles. The molecule has 0 aromatic heterocycles. The van der Waals surface area contributed by atoms with Crippen molar-refractivity contribution < 1.29 is 19.4 Å². The highest BCUT2D eigenvalue weighted by molar-refractivity contribution is 5.93. The summed E-state index contributed by atoms with van der Waals surface area (Å²) in [7, 11) is 0. The van der Waals surface area contributed by atoms with E-state index in [1.807, 2.05) is 18.7 Å². The van der Waals surface area contributed by atoms with Crippen molar-refractivity contribution in [3.8, 4) is 0 Å². The standard InChI is InChI=1S/C12H18N2O4/c1-5(2)8-7(15)9-11(17-8)14-4-6(3)10(16)13-12(14)18-9/h4-5,7-9,11-12,15H,1-3H3,(H,13,16)/t7?,8-,9?,11-,12?/m1/s1. The van der Waals surface area contributed by atoms with Crippen molar-refractivity contribution in [2.75, 3.05) is 0 Å². The average molecular weight is 254 g/mol. The predicted octanol–water partition coefficient (Wildman–Crippen LogP) is -0.254. The van der Waals surface area contributed by atoms with E-state index in [0.717, 1.165) is 0 Å². The van der Waals surface area contributed by atoms with Gasteiger partial charge in [-0.25, -0.2) is 0 Å². The largest absolute Gasteiger partial charge is 0.387 e. The van der Waals surface area contributed by atoms with Crippen LogP contribution in [0.25, 0.3) is 0 Å². The minimum absolute atomic E-state index is 0.147. The molecule has 0 radical (unpaired) electrons. The fourth-order valence-electron chi connectivity index (χ4n) is 2.72. The number of rotatable bonds is 1. The Balaban J connectivity index is 1.85. The number of aliphatic hydroxyl groups excluding tert-OH is 1. The summed E-state index contributed by atoms with van der Waals surface area (Å²) in [6, 6.07) is 0. The van der Waals surface area contributed by atoms with Crippen LogP contribution in [-0.4, -0.2) is 46.8 Å². The van der Waals surface area contributed by atoms with E-state index in [1.54, 1.807) is 13.1 Å². The van der Waals surface area contributed by atoms with E-state index < -0.39 is 18.6 Å². The van der Waals surface area contributed by atoms with Crippen LogP contribution in [0.1, 0.15) is 20.8 Å². The molecule has 0 aliphatic carbocycles. The second kappa shape index (κ2) is 3.94. The number of hydrogen-bond donors (Lipinski definition) is 2. The first kappa shape index (κ1) is 12.0. The Morgan fingerprint density at radius 1 is 1.44 bits per heavy atom. The van der Waals surface area contributed by atoms with Gasteiger partial charge < -0.3 is 24.8 Å². The minimum Gasteiger partial charge on any atom is -0.387 e. The number of hydrogen-bond acceptors (Lipinski definition) is 5. The van der Waals surface area contributed by atoms with Gasteiger partial charge in [0, 0.05) is 11.8 Å². The van der Waals surface area contributed by atoms with E-state index in [4.69, 9.17) is 9.47 Å². The van der Waals surface area contributed by atoms with Crippen molar-refractivity contribution in [2.45, 2.75) is 51.7 Å². The maximum absolute atomic E-state index is 11.5. The zero-order valence-corrected chi connectivity index (χ0v) is 10.7. The van der Waals surface area contributed by atoms with Crippen molar-refractivity contribution >= 4 is 5.91 Å². The third-order valence-corrected chi connectivity index (χ3v) is 3.71. The van der Waals surface area contributed by atoms with E-state index in [-0.39, 0.29) is 24.2 Å². The van der Waals surface area contributed by atoms with Crippen LogP contribution in [-0.2, 0) is 14.3 Å². The van der Waals surface area contributed by atoms with Crippen LogP contribution in [0.5, 0.6) is 0 Å². The fraction of sp³-hybridized carbons (Fsp3) is 0.750. The molecule has 5 atom stereocenters. The Hall–Kier alpha value is -1.11. The molecule has 0 saturated carbocycles. The maximum Gasteiger partial charge on any atom is 0.251 e. The van der Waals surface area contributed by atoms with Crippen molar-refractivity contribution in [1.29, 1.82) is 0 Å². The first-order chi connectivity index (χ1) is 8.49. The van der Waals surface area contributed by atoms with Crippen LogP contribution < -0.4 is 5.32 Å². The van der Waals surface area contributed by atoms with Gasteiger partial charge in [-0.15, -0.1) is 0 Å². The molecule has 6 nitrogen and oxygen atoms in total. The number of carbonyl (C=O) groups is 1. The summed E-state index contributed by atoms with van der Waals surface area (Å²) in [4.78, 5) is 13.3. The van der Waals surface area contributed by atoms with Gasteiger partial charge in [-0.2, -0.15) is 0 Å². The molecule has 0 spiro atoms. The van der Waals surface area contributed by atoms with E-state index >= 15 is 0 Å². The third-order valence-electron chi connectivity index (χ3n) is 3.71. The van der Waals surface area contributed by atoms with Crippen LogP contribution >= 0.6 is 0 Å². The van der Waals surface area contributed by atoms with Crippen molar-refractivity contribution in [3.63, 3.8) is 0 Å². The fourth-order valence-corrected chi connectivity index (χ4v) is 2.72. The highest BCUT2D eigenvalue weighted by Gasteiger charge is 2.55. The third kappa shape index (κ3) is 1.56. The summed E-state index contributed by atoms with van der Waals surface area (Å²) in [6.07, 6.45) is -0.417. The Bertz CT molecular complexity index is 409. The van der Waals surface area contributed by atoms with Gasteiger partial charge >= 0.3 is 0 Å². The SMILES string of the molecule is CC1=CN2C(NC1=O)OC1C(O)[C@@H](C(C)C)O[C@H]12. The molecule has 3 unspecified atom stereocenters. The molecule has 18 heavy (non-hydrogen) atoms. The molecule has 1 amide bonds. The molecule has 100 valence electrons. The van der Waals surface area contributed by atoms with E-state index in [9.17, 15) is 9.90 Å². The number of amides is 1. The molecule has 3 rings (SSSR count). The molecule has 0 aromatic rings. The summed E-state index contributed by atoms with van der Waals surface area (Å²) in [5, 5.41) is 12.9. The first-order valence-electron chi connectivity index (χ1n) is 6.25. The Morgan fingerprint density at radius 2 is 2.17 bits per heavy atom. The monoisotopic (exact) mass is 254 g/mol. The normalized spacial score (nSPS) is 42.7. The van der Waals surface area contributed by atoms with Crippen molar-refractivity contribution in [3.05, 3.63) is 11.8 Å². The van der Waals surface area contributed by atoms with Crippen LogP contribution in [0.15, 0.2) is 11.8 Å². The molecule has 0 aromatic carbocycles. The second-order valence-electron chi connectivity index (χ2n) is 5.41. The molecule has 2 N–H and O–H groups in total. The predicted molar refractivity (Wildman–Crippen MR) is 61.9 cm³/mol. The molecule has 3 aliphatic rings. The smallest absolute Gasteiger partial charge is 0.251 e. The first-order valence-corrected chi connectivity index (χ1v) is 6.25. The Labute approximate surface area is 106 Å². The van der Waals surface area contributed by atoms with Gasteiger partial charge in [0.2, 0.25) is 6.35 Å². The molecule has 2 saturated heterocycles. The van der Waals surface area contributed by atoms with Crippen LogP contribution in [0.2, 0.25) is 0 Å². The van der Waals surface area contributed by atoms with E-state index in [0.29, 0.717) is 5.57 Å². The lowest BCUT2D eigenvalue weighted by Crippen LogP contribution is -2.50. The number of carbonyl (C=O) groups excluding carboxylic acids is 1. The van der Waals surface area contributed by atoms with Gasteiger partial charge in [-0.05, 0) is 12.8 Å². The zero-order valence-electron chi connectivity index (χ0n) is 10.7. The second-order valence-corrected chi connectivity index (χ2v) is 5.41. The summed E-state index contributed by atoms with van der Waals surface area (Å²) >= 11 is 0. The zero-order chi connectivity index (χ0) is 13.0. The number of aliphatic hydroxyl groups is 1. The average Bonchev–Trinajstić information content (AvgIpc) is 2.78. The quantitative estimate of drug-likeness (QED) is 0.675. The molecule has 2 fully saturated rings. The van der Waals surface area contributed by atoms with Crippen LogP contribution in [0, 0.1) is 5.92 Å². The van der Waals surface area contributed by atoms with Crippen LogP contribution in [0.3, 0.4) is 0 Å². The summed E-state index contributed by atoms with van der Waals surface area (Å²) in [6.45, 7) is 5.75. The highest BCUT2D eigenvalue weighted by atomic mass is 16.6. The number of nitrogens with zero attached hydrogens (tertiary/aromatic N) is 1. The summed E-state index contributed by atoms with van der Waals surface area (Å²) in [5.41, 5.74) is 0.613. The molecule has 6 heteroatoms. The highest BCUT2D eigenvalue weighted by Crippen LogP contribution is 2.37. The minimum atomic E-state index is -0.661. The van der Waals surface area contributed by atoms with Crippen molar-refractivity contribution in [2.24, 2.45) is 5.92 Å². The number of ether oxygens (including phenoxy) is 2. The number of nitrogens with one attached hydrogen (secondary N) is 1. The van der Waals surface area contributed by atoms with Gasteiger partial charge in [-0.3, -0.25) is 4.79 Å². The summed E-state index contributed by atoms with van der Waals surface area (Å²) in [5.74, 6) is 0.0724. The Morgan fingerprint density at radius 3 is 2.83 bits per heavy atom.